The lowest BCUT2D eigenvalue weighted by Crippen LogP contribution is -2.13. The SMILES string of the molecule is CCn1cc(NS(=O)(=O)c2cc(Br)cnc2Cl)cn1. The van der Waals surface area contributed by atoms with E-state index >= 15 is 0 Å². The van der Waals surface area contributed by atoms with Crippen LogP contribution in [0.4, 0.5) is 5.69 Å². The molecule has 0 unspecified atom stereocenters. The highest BCUT2D eigenvalue weighted by Crippen LogP contribution is 2.24. The zero-order valence-corrected chi connectivity index (χ0v) is 13.0. The largest absolute Gasteiger partial charge is 0.276 e. The van der Waals surface area contributed by atoms with E-state index in [-0.39, 0.29) is 10.0 Å². The highest BCUT2D eigenvalue weighted by Gasteiger charge is 2.20. The summed E-state index contributed by atoms with van der Waals surface area (Å²) in [6, 6.07) is 1.39. The standard InChI is InChI=1S/C10H10BrClN4O2S/c1-2-16-6-8(5-14-16)15-19(17,18)9-3-7(11)4-13-10(9)12/h3-6,15H,2H2,1H3. The Morgan fingerprint density at radius 2 is 2.21 bits per heavy atom. The first-order valence-electron chi connectivity index (χ1n) is 5.28. The molecule has 2 heterocycles. The summed E-state index contributed by atoms with van der Waals surface area (Å²) in [5.41, 5.74) is 0.373. The molecule has 1 N–H and O–H groups in total. The van der Waals surface area contributed by atoms with Crippen LogP contribution in [-0.2, 0) is 16.6 Å². The van der Waals surface area contributed by atoms with Crippen LogP contribution in [0.2, 0.25) is 5.15 Å². The maximum absolute atomic E-state index is 12.2. The molecule has 2 aromatic rings. The smallest absolute Gasteiger partial charge is 0.265 e. The zero-order chi connectivity index (χ0) is 14.0. The van der Waals surface area contributed by atoms with Gasteiger partial charge in [-0.1, -0.05) is 11.6 Å². The van der Waals surface area contributed by atoms with Crippen molar-refractivity contribution in [2.24, 2.45) is 0 Å². The van der Waals surface area contributed by atoms with Crippen molar-refractivity contribution in [3.63, 3.8) is 0 Å². The van der Waals surface area contributed by atoms with Gasteiger partial charge in [0.05, 0.1) is 11.9 Å². The van der Waals surface area contributed by atoms with Crippen LogP contribution >= 0.6 is 27.5 Å². The molecule has 0 aliphatic rings. The van der Waals surface area contributed by atoms with Crippen LogP contribution in [-0.4, -0.2) is 23.2 Å². The number of nitrogens with zero attached hydrogens (tertiary/aromatic N) is 3. The van der Waals surface area contributed by atoms with Gasteiger partial charge in [-0.25, -0.2) is 13.4 Å². The van der Waals surface area contributed by atoms with Gasteiger partial charge in [-0.2, -0.15) is 5.10 Å². The van der Waals surface area contributed by atoms with Crippen molar-refractivity contribution in [3.05, 3.63) is 34.3 Å². The molecule has 0 aromatic carbocycles. The Balaban J connectivity index is 2.34. The van der Waals surface area contributed by atoms with Crippen LogP contribution in [0.3, 0.4) is 0 Å². The number of halogens is 2. The van der Waals surface area contributed by atoms with Gasteiger partial charge in [0, 0.05) is 23.4 Å². The van der Waals surface area contributed by atoms with Crippen LogP contribution in [0.1, 0.15) is 6.92 Å². The molecule has 102 valence electrons. The summed E-state index contributed by atoms with van der Waals surface area (Å²) in [7, 11) is -3.79. The van der Waals surface area contributed by atoms with Crippen molar-refractivity contribution in [1.82, 2.24) is 14.8 Å². The number of nitrogens with one attached hydrogen (secondary N) is 1. The van der Waals surface area contributed by atoms with Gasteiger partial charge in [-0.05, 0) is 28.9 Å². The molecule has 0 atom stereocenters. The summed E-state index contributed by atoms with van der Waals surface area (Å²) in [6.45, 7) is 2.56. The van der Waals surface area contributed by atoms with E-state index < -0.39 is 10.0 Å². The van der Waals surface area contributed by atoms with E-state index in [2.05, 4.69) is 30.7 Å². The van der Waals surface area contributed by atoms with Crippen LogP contribution in [0.5, 0.6) is 0 Å². The molecule has 0 saturated carbocycles. The van der Waals surface area contributed by atoms with Crippen LogP contribution in [0.15, 0.2) is 34.0 Å². The lowest BCUT2D eigenvalue weighted by Gasteiger charge is -2.07. The molecule has 2 aromatic heterocycles. The maximum Gasteiger partial charge on any atom is 0.265 e. The fourth-order valence-electron chi connectivity index (χ4n) is 1.39. The third kappa shape index (κ3) is 3.26. The van der Waals surface area contributed by atoms with Crippen molar-refractivity contribution in [2.45, 2.75) is 18.4 Å². The summed E-state index contributed by atoms with van der Waals surface area (Å²) < 4.78 is 28.9. The van der Waals surface area contributed by atoms with Crippen molar-refractivity contribution in [2.75, 3.05) is 4.72 Å². The van der Waals surface area contributed by atoms with E-state index in [1.165, 1.54) is 18.5 Å². The second-order valence-electron chi connectivity index (χ2n) is 3.63. The van der Waals surface area contributed by atoms with E-state index in [1.54, 1.807) is 10.9 Å². The Bertz CT molecular complexity index is 701. The molecule has 9 heteroatoms. The third-order valence-corrected chi connectivity index (χ3v) is 4.51. The summed E-state index contributed by atoms with van der Waals surface area (Å²) in [5.74, 6) is 0. The fourth-order valence-corrected chi connectivity index (χ4v) is 3.36. The van der Waals surface area contributed by atoms with Gasteiger partial charge >= 0.3 is 0 Å². The molecule has 0 amide bonds. The topological polar surface area (TPSA) is 76.9 Å². The first-order chi connectivity index (χ1) is 8.92. The molecule has 0 spiro atoms. The van der Waals surface area contributed by atoms with Crippen molar-refractivity contribution >= 4 is 43.2 Å². The Morgan fingerprint density at radius 3 is 2.84 bits per heavy atom. The molecule has 0 aliphatic heterocycles. The number of aryl methyl sites for hydroxylation is 1. The average Bonchev–Trinajstić information content (AvgIpc) is 2.79. The van der Waals surface area contributed by atoms with E-state index in [9.17, 15) is 8.42 Å². The second kappa shape index (κ2) is 5.48. The molecule has 6 nitrogen and oxygen atoms in total. The van der Waals surface area contributed by atoms with Crippen LogP contribution in [0, 0.1) is 0 Å². The number of hydrogen-bond acceptors (Lipinski definition) is 4. The Kier molecular flexibility index (Phi) is 4.12. The summed E-state index contributed by atoms with van der Waals surface area (Å²) in [6.07, 6.45) is 4.45. The predicted molar refractivity (Wildman–Crippen MR) is 75.7 cm³/mol. The molecule has 0 bridgehead atoms. The van der Waals surface area contributed by atoms with Gasteiger partial charge < -0.3 is 0 Å². The minimum atomic E-state index is -3.79. The molecule has 0 radical (unpaired) electrons. The number of anilines is 1. The third-order valence-electron chi connectivity index (χ3n) is 2.27. The van der Waals surface area contributed by atoms with Crippen LogP contribution < -0.4 is 4.72 Å². The maximum atomic E-state index is 12.2. The van der Waals surface area contributed by atoms with Gasteiger partial charge in [-0.15, -0.1) is 0 Å². The normalized spacial score (nSPS) is 11.5. The minimum absolute atomic E-state index is 0.0846. The number of sulfonamides is 1. The Morgan fingerprint density at radius 1 is 1.47 bits per heavy atom. The first kappa shape index (κ1) is 14.3. The number of hydrogen-bond donors (Lipinski definition) is 1. The second-order valence-corrected chi connectivity index (χ2v) is 6.56. The summed E-state index contributed by atoms with van der Waals surface area (Å²) in [5, 5.41) is 3.90. The monoisotopic (exact) mass is 364 g/mol. The Hall–Kier alpha value is -1.12. The lowest BCUT2D eigenvalue weighted by molar-refractivity contribution is 0.601. The first-order valence-corrected chi connectivity index (χ1v) is 7.94. The number of aromatic nitrogens is 3. The van der Waals surface area contributed by atoms with E-state index in [0.29, 0.717) is 16.7 Å². The van der Waals surface area contributed by atoms with E-state index in [4.69, 9.17) is 11.6 Å². The molecular weight excluding hydrogens is 356 g/mol. The van der Waals surface area contributed by atoms with Gasteiger partial charge in [0.25, 0.3) is 10.0 Å². The van der Waals surface area contributed by atoms with Crippen molar-refractivity contribution < 1.29 is 8.42 Å². The molecule has 19 heavy (non-hydrogen) atoms. The highest BCUT2D eigenvalue weighted by molar-refractivity contribution is 9.10. The van der Waals surface area contributed by atoms with E-state index in [0.717, 1.165) is 0 Å². The molecule has 2 rings (SSSR count). The predicted octanol–water partition coefficient (Wildman–Crippen LogP) is 2.51. The fraction of sp³-hybridized carbons (Fsp3) is 0.200. The number of pyridine rings is 1. The van der Waals surface area contributed by atoms with Crippen molar-refractivity contribution in [1.29, 1.82) is 0 Å². The molecule has 0 fully saturated rings. The molecule has 0 aliphatic carbocycles. The number of rotatable bonds is 4. The van der Waals surface area contributed by atoms with Gasteiger partial charge in [-0.3, -0.25) is 9.40 Å². The van der Waals surface area contributed by atoms with E-state index in [1.807, 2.05) is 6.92 Å². The molecular formula is C10H10BrClN4O2S. The highest BCUT2D eigenvalue weighted by atomic mass is 79.9. The average molecular weight is 366 g/mol. The van der Waals surface area contributed by atoms with Crippen molar-refractivity contribution in [3.8, 4) is 0 Å². The van der Waals surface area contributed by atoms with Gasteiger partial charge in [0.2, 0.25) is 0 Å². The quantitative estimate of drug-likeness (QED) is 0.845. The lowest BCUT2D eigenvalue weighted by atomic mass is 10.5. The van der Waals surface area contributed by atoms with Crippen LogP contribution in [0.25, 0.3) is 0 Å². The summed E-state index contributed by atoms with van der Waals surface area (Å²) in [4.78, 5) is 3.70. The minimum Gasteiger partial charge on any atom is -0.276 e. The van der Waals surface area contributed by atoms with Gasteiger partial charge in [0.15, 0.2) is 0 Å². The molecule has 0 saturated heterocycles. The zero-order valence-electron chi connectivity index (χ0n) is 9.84. The van der Waals surface area contributed by atoms with Gasteiger partial charge in [0.1, 0.15) is 10.0 Å². The Labute approximate surface area is 124 Å². The summed E-state index contributed by atoms with van der Waals surface area (Å²) >= 11 is 8.97.